The molecule has 2 aliphatic heterocycles. The summed E-state index contributed by atoms with van der Waals surface area (Å²) in [7, 11) is 0. The molecule has 2 fully saturated rings. The summed E-state index contributed by atoms with van der Waals surface area (Å²) in [5.41, 5.74) is 1.43. The number of piperidine rings is 2. The molecule has 0 bridgehead atoms. The molecule has 1 aromatic carbocycles. The Kier molecular flexibility index (Phi) is 6.49. The van der Waals surface area contributed by atoms with E-state index in [2.05, 4.69) is 45.4 Å². The second-order valence-electron chi connectivity index (χ2n) is 7.99. The second kappa shape index (κ2) is 8.81. The number of carbonyl (C=O) groups excluding carboxylic acids is 1. The number of hydrogen-bond acceptors (Lipinski definition) is 3. The maximum Gasteiger partial charge on any atom is 0.221 e. The van der Waals surface area contributed by atoms with Crippen LogP contribution in [0.4, 0.5) is 0 Å². The average molecular weight is 344 g/mol. The molecule has 2 heterocycles. The van der Waals surface area contributed by atoms with Gasteiger partial charge in [0.25, 0.3) is 0 Å². The summed E-state index contributed by atoms with van der Waals surface area (Å²) in [4.78, 5) is 17.1. The molecule has 2 atom stereocenters. The number of likely N-dealkylation sites (tertiary alicyclic amines) is 2. The van der Waals surface area contributed by atoms with Crippen molar-refractivity contribution in [2.24, 2.45) is 5.92 Å². The molecule has 1 N–H and O–H groups in total. The molecule has 1 aromatic rings. The molecule has 2 saturated heterocycles. The molecule has 0 aliphatic carbocycles. The summed E-state index contributed by atoms with van der Waals surface area (Å²) >= 11 is 0. The molecule has 1 amide bonds. The van der Waals surface area contributed by atoms with E-state index in [1.165, 1.54) is 31.4 Å². The third-order valence-corrected chi connectivity index (χ3v) is 5.60. The zero-order valence-electron chi connectivity index (χ0n) is 15.8. The van der Waals surface area contributed by atoms with Gasteiger partial charge in [0.2, 0.25) is 5.91 Å². The van der Waals surface area contributed by atoms with Crippen molar-refractivity contribution in [3.05, 3.63) is 35.9 Å². The van der Waals surface area contributed by atoms with Crippen molar-refractivity contribution in [2.75, 3.05) is 26.2 Å². The number of nitrogens with zero attached hydrogens (tertiary/aromatic N) is 2. The van der Waals surface area contributed by atoms with Crippen LogP contribution in [0, 0.1) is 5.92 Å². The van der Waals surface area contributed by atoms with Gasteiger partial charge in [0.15, 0.2) is 0 Å². The molecule has 25 heavy (non-hydrogen) atoms. The van der Waals surface area contributed by atoms with Crippen molar-refractivity contribution < 1.29 is 4.79 Å². The predicted octanol–water partition coefficient (Wildman–Crippen LogP) is 2.89. The molecule has 0 aromatic heterocycles. The summed E-state index contributed by atoms with van der Waals surface area (Å²) in [6.07, 6.45) is 4.51. The van der Waals surface area contributed by atoms with Gasteiger partial charge in [-0.15, -0.1) is 0 Å². The Hall–Kier alpha value is -1.39. The van der Waals surface area contributed by atoms with E-state index in [0.29, 0.717) is 6.42 Å². The summed E-state index contributed by atoms with van der Waals surface area (Å²) in [6, 6.07) is 11.8. The van der Waals surface area contributed by atoms with E-state index in [1.54, 1.807) is 0 Å². The minimum Gasteiger partial charge on any atom is -0.354 e. The molecule has 0 radical (unpaired) electrons. The van der Waals surface area contributed by atoms with Crippen LogP contribution in [0.3, 0.4) is 0 Å². The van der Waals surface area contributed by atoms with Crippen LogP contribution in [-0.2, 0) is 11.3 Å². The van der Waals surface area contributed by atoms with E-state index in [9.17, 15) is 4.79 Å². The highest BCUT2D eigenvalue weighted by atomic mass is 16.1. The first kappa shape index (κ1) is 18.4. The number of amides is 1. The summed E-state index contributed by atoms with van der Waals surface area (Å²) in [5.74, 6) is 0.950. The van der Waals surface area contributed by atoms with E-state index >= 15 is 0 Å². The predicted molar refractivity (Wildman–Crippen MR) is 102 cm³/mol. The van der Waals surface area contributed by atoms with E-state index in [1.807, 2.05) is 13.8 Å². The Balaban J connectivity index is 1.49. The molecule has 3 rings (SSSR count). The van der Waals surface area contributed by atoms with Crippen molar-refractivity contribution in [2.45, 2.75) is 58.2 Å². The lowest BCUT2D eigenvalue weighted by molar-refractivity contribution is -0.122. The van der Waals surface area contributed by atoms with Crippen molar-refractivity contribution in [1.82, 2.24) is 15.1 Å². The third-order valence-electron chi connectivity index (χ3n) is 5.60. The van der Waals surface area contributed by atoms with Gasteiger partial charge in [0.1, 0.15) is 0 Å². The van der Waals surface area contributed by atoms with Gasteiger partial charge in [0.05, 0.1) is 0 Å². The van der Waals surface area contributed by atoms with Crippen molar-refractivity contribution >= 4 is 5.91 Å². The van der Waals surface area contributed by atoms with E-state index < -0.39 is 0 Å². The fourth-order valence-electron chi connectivity index (χ4n) is 4.45. The van der Waals surface area contributed by atoms with Gasteiger partial charge in [0, 0.05) is 38.1 Å². The van der Waals surface area contributed by atoms with Gasteiger partial charge >= 0.3 is 0 Å². The average Bonchev–Trinajstić information content (AvgIpc) is 2.60. The highest BCUT2D eigenvalue weighted by molar-refractivity contribution is 5.76. The molecule has 4 nitrogen and oxygen atoms in total. The Labute approximate surface area is 152 Å². The molecule has 2 aliphatic rings. The van der Waals surface area contributed by atoms with Crippen molar-refractivity contribution in [1.29, 1.82) is 0 Å². The molecule has 2 unspecified atom stereocenters. The molecule has 4 heteroatoms. The lowest BCUT2D eigenvalue weighted by atomic mass is 9.83. The molecule has 0 saturated carbocycles. The monoisotopic (exact) mass is 343 g/mol. The lowest BCUT2D eigenvalue weighted by Gasteiger charge is -2.47. The third kappa shape index (κ3) is 5.29. The van der Waals surface area contributed by atoms with Gasteiger partial charge in [-0.05, 0) is 57.7 Å². The largest absolute Gasteiger partial charge is 0.354 e. The van der Waals surface area contributed by atoms with Gasteiger partial charge in [-0.3, -0.25) is 9.69 Å². The van der Waals surface area contributed by atoms with Crippen LogP contribution < -0.4 is 5.32 Å². The number of rotatable bonds is 6. The van der Waals surface area contributed by atoms with Gasteiger partial charge in [-0.25, -0.2) is 0 Å². The van der Waals surface area contributed by atoms with Crippen molar-refractivity contribution in [3.63, 3.8) is 0 Å². The standard InChI is InChI=1S/C21H33N3O/c1-17(2)22-21(25)11-14-23-13-10-20-19(16-23)9-6-12-24(20)15-18-7-4-3-5-8-18/h3-5,7-8,17,19-20H,6,9-16H2,1-2H3,(H,22,25). The molecular weight excluding hydrogens is 310 g/mol. The van der Waals surface area contributed by atoms with Crippen LogP contribution in [0.1, 0.15) is 45.1 Å². The number of carbonyl (C=O) groups is 1. The maximum absolute atomic E-state index is 11.9. The number of benzene rings is 1. The Morgan fingerprint density at radius 3 is 2.76 bits per heavy atom. The number of hydrogen-bond donors (Lipinski definition) is 1. The first-order chi connectivity index (χ1) is 12.1. The Morgan fingerprint density at radius 1 is 1.20 bits per heavy atom. The molecular formula is C21H33N3O. The van der Waals surface area contributed by atoms with Crippen LogP contribution >= 0.6 is 0 Å². The topological polar surface area (TPSA) is 35.6 Å². The first-order valence-electron chi connectivity index (χ1n) is 9.91. The Bertz CT molecular complexity index is 545. The van der Waals surface area contributed by atoms with Crippen LogP contribution in [0.15, 0.2) is 30.3 Å². The van der Waals surface area contributed by atoms with Crippen LogP contribution in [-0.4, -0.2) is 54.0 Å². The zero-order chi connectivity index (χ0) is 17.6. The zero-order valence-corrected chi connectivity index (χ0v) is 15.8. The fraction of sp³-hybridized carbons (Fsp3) is 0.667. The second-order valence-corrected chi connectivity index (χ2v) is 7.99. The van der Waals surface area contributed by atoms with Gasteiger partial charge in [-0.1, -0.05) is 30.3 Å². The minimum absolute atomic E-state index is 0.187. The fourth-order valence-corrected chi connectivity index (χ4v) is 4.45. The summed E-state index contributed by atoms with van der Waals surface area (Å²) in [6.45, 7) is 9.54. The molecule has 138 valence electrons. The summed E-state index contributed by atoms with van der Waals surface area (Å²) < 4.78 is 0. The van der Waals surface area contributed by atoms with Crippen molar-refractivity contribution in [3.8, 4) is 0 Å². The van der Waals surface area contributed by atoms with Crippen LogP contribution in [0.5, 0.6) is 0 Å². The smallest absolute Gasteiger partial charge is 0.221 e. The number of fused-ring (bicyclic) bond motifs is 1. The quantitative estimate of drug-likeness (QED) is 0.863. The Morgan fingerprint density at radius 2 is 2.00 bits per heavy atom. The van der Waals surface area contributed by atoms with E-state index in [-0.39, 0.29) is 11.9 Å². The van der Waals surface area contributed by atoms with Gasteiger partial charge in [-0.2, -0.15) is 0 Å². The van der Waals surface area contributed by atoms with Crippen LogP contribution in [0.25, 0.3) is 0 Å². The lowest BCUT2D eigenvalue weighted by Crippen LogP contribution is -2.54. The normalized spacial score (nSPS) is 24.9. The highest BCUT2D eigenvalue weighted by Gasteiger charge is 2.35. The van der Waals surface area contributed by atoms with E-state index in [0.717, 1.165) is 38.1 Å². The SMILES string of the molecule is CC(C)NC(=O)CCN1CCC2C(CCCN2Cc2ccccc2)C1. The minimum atomic E-state index is 0.187. The maximum atomic E-state index is 11.9. The highest BCUT2D eigenvalue weighted by Crippen LogP contribution is 2.31. The van der Waals surface area contributed by atoms with Gasteiger partial charge < -0.3 is 10.2 Å². The van der Waals surface area contributed by atoms with Crippen LogP contribution in [0.2, 0.25) is 0 Å². The summed E-state index contributed by atoms with van der Waals surface area (Å²) in [5, 5.41) is 3.00. The van der Waals surface area contributed by atoms with E-state index in [4.69, 9.17) is 0 Å². The number of nitrogens with one attached hydrogen (secondary N) is 1. The first-order valence-corrected chi connectivity index (χ1v) is 9.91. The molecule has 0 spiro atoms.